The lowest BCUT2D eigenvalue weighted by Crippen LogP contribution is -2.08. The third-order valence-electron chi connectivity index (χ3n) is 2.10. The van der Waals surface area contributed by atoms with Crippen LogP contribution in [0.5, 0.6) is 11.6 Å². The molecule has 1 aromatic heterocycles. The number of halogens is 4. The molecule has 0 unspecified atom stereocenters. The Morgan fingerprint density at radius 3 is 2.33 bits per heavy atom. The summed E-state index contributed by atoms with van der Waals surface area (Å²) < 4.78 is 43.1. The fraction of sp³-hybridized carbons (Fsp3) is 0.0833. The quantitative estimate of drug-likeness (QED) is 0.801. The lowest BCUT2D eigenvalue weighted by atomic mass is 10.2. The van der Waals surface area contributed by atoms with E-state index >= 15 is 0 Å². The zero-order chi connectivity index (χ0) is 13.2. The van der Waals surface area contributed by atoms with E-state index in [1.54, 1.807) is 0 Å². The molecule has 0 bridgehead atoms. The zero-order valence-electron chi connectivity index (χ0n) is 8.91. The zero-order valence-corrected chi connectivity index (χ0v) is 9.66. The molecule has 0 atom stereocenters. The number of ether oxygens (including phenoxy) is 1. The van der Waals surface area contributed by atoms with Gasteiger partial charge in [-0.2, -0.15) is 13.2 Å². The highest BCUT2D eigenvalue weighted by Crippen LogP contribution is 2.36. The molecule has 0 aliphatic heterocycles. The molecule has 94 valence electrons. The average molecular weight is 274 g/mol. The van der Waals surface area contributed by atoms with Crippen LogP contribution in [-0.4, -0.2) is 4.98 Å². The number of rotatable bonds is 2. The van der Waals surface area contributed by atoms with Crippen molar-refractivity contribution >= 4 is 11.6 Å². The van der Waals surface area contributed by atoms with Crippen molar-refractivity contribution in [1.82, 2.24) is 4.98 Å². The van der Waals surface area contributed by atoms with Crippen LogP contribution < -0.4 is 4.74 Å². The highest BCUT2D eigenvalue weighted by molar-refractivity contribution is 6.30. The van der Waals surface area contributed by atoms with Gasteiger partial charge in [-0.05, 0) is 36.4 Å². The Hall–Kier alpha value is -1.75. The molecule has 18 heavy (non-hydrogen) atoms. The van der Waals surface area contributed by atoms with E-state index in [0.717, 1.165) is 6.07 Å². The van der Waals surface area contributed by atoms with Gasteiger partial charge in [-0.1, -0.05) is 11.6 Å². The van der Waals surface area contributed by atoms with Gasteiger partial charge < -0.3 is 4.74 Å². The number of alkyl halides is 3. The predicted octanol–water partition coefficient (Wildman–Crippen LogP) is 4.55. The number of benzene rings is 1. The average Bonchev–Trinajstić information content (AvgIpc) is 2.31. The molecule has 1 aromatic carbocycles. The molecule has 0 spiro atoms. The smallest absolute Gasteiger partial charge is 0.421 e. The van der Waals surface area contributed by atoms with Crippen LogP contribution in [0, 0.1) is 0 Å². The van der Waals surface area contributed by atoms with E-state index in [2.05, 4.69) is 4.98 Å². The van der Waals surface area contributed by atoms with E-state index in [1.165, 1.54) is 36.5 Å². The maximum absolute atomic E-state index is 12.7. The lowest BCUT2D eigenvalue weighted by molar-refractivity contribution is -0.138. The summed E-state index contributed by atoms with van der Waals surface area (Å²) in [5, 5.41) is 0.472. The molecule has 1 heterocycles. The predicted molar refractivity (Wildman–Crippen MR) is 60.8 cm³/mol. The monoisotopic (exact) mass is 273 g/mol. The maximum Gasteiger partial charge on any atom is 0.421 e. The van der Waals surface area contributed by atoms with Gasteiger partial charge in [-0.3, -0.25) is 0 Å². The Bertz CT molecular complexity index is 540. The molecule has 6 heteroatoms. The van der Waals surface area contributed by atoms with Crippen LogP contribution >= 0.6 is 11.6 Å². The Labute approximate surface area is 106 Å². The molecular formula is C12H7ClF3NO. The van der Waals surface area contributed by atoms with Gasteiger partial charge >= 0.3 is 6.18 Å². The number of hydrogen-bond donors (Lipinski definition) is 0. The van der Waals surface area contributed by atoms with Crippen molar-refractivity contribution in [3.63, 3.8) is 0 Å². The van der Waals surface area contributed by atoms with Gasteiger partial charge in [0.05, 0.1) is 0 Å². The van der Waals surface area contributed by atoms with Crippen LogP contribution in [0.4, 0.5) is 13.2 Å². The number of pyridine rings is 1. The molecule has 0 aliphatic carbocycles. The maximum atomic E-state index is 12.7. The third-order valence-corrected chi connectivity index (χ3v) is 2.36. The van der Waals surface area contributed by atoms with Gasteiger partial charge in [0.2, 0.25) is 5.88 Å². The molecule has 0 saturated carbocycles. The summed E-state index contributed by atoms with van der Waals surface area (Å²) in [6, 6.07) is 8.10. The van der Waals surface area contributed by atoms with Crippen LogP contribution in [0.25, 0.3) is 0 Å². The second-order valence-electron chi connectivity index (χ2n) is 3.41. The minimum atomic E-state index is -4.50. The fourth-order valence-corrected chi connectivity index (χ4v) is 1.43. The second kappa shape index (κ2) is 4.86. The van der Waals surface area contributed by atoms with E-state index in [-0.39, 0.29) is 5.75 Å². The summed E-state index contributed by atoms with van der Waals surface area (Å²) in [5.41, 5.74) is -0.917. The van der Waals surface area contributed by atoms with Crippen LogP contribution in [0.15, 0.2) is 42.6 Å². The minimum Gasteiger partial charge on any atom is -0.438 e. The van der Waals surface area contributed by atoms with Crippen molar-refractivity contribution in [2.75, 3.05) is 0 Å². The first-order chi connectivity index (χ1) is 8.47. The molecule has 0 amide bonds. The number of nitrogens with zero attached hydrogens (tertiary/aromatic N) is 1. The summed E-state index contributed by atoms with van der Waals surface area (Å²) in [6.07, 6.45) is -3.27. The highest BCUT2D eigenvalue weighted by atomic mass is 35.5. The van der Waals surface area contributed by atoms with Gasteiger partial charge in [-0.15, -0.1) is 0 Å². The Kier molecular flexibility index (Phi) is 3.43. The highest BCUT2D eigenvalue weighted by Gasteiger charge is 2.35. The summed E-state index contributed by atoms with van der Waals surface area (Å²) in [4.78, 5) is 3.59. The SMILES string of the molecule is FC(F)(F)c1cccnc1Oc1ccc(Cl)cc1. The van der Waals surface area contributed by atoms with Crippen molar-refractivity contribution in [2.24, 2.45) is 0 Å². The van der Waals surface area contributed by atoms with Crippen molar-refractivity contribution in [3.05, 3.63) is 53.2 Å². The third kappa shape index (κ3) is 2.92. The van der Waals surface area contributed by atoms with Crippen LogP contribution in [-0.2, 0) is 6.18 Å². The van der Waals surface area contributed by atoms with E-state index in [0.29, 0.717) is 5.02 Å². The van der Waals surface area contributed by atoms with Crippen molar-refractivity contribution in [1.29, 1.82) is 0 Å². The van der Waals surface area contributed by atoms with Gasteiger partial charge in [-0.25, -0.2) is 4.98 Å². The number of hydrogen-bond acceptors (Lipinski definition) is 2. The Balaban J connectivity index is 2.32. The molecule has 0 radical (unpaired) electrons. The van der Waals surface area contributed by atoms with Crippen LogP contribution in [0.2, 0.25) is 5.02 Å². The first-order valence-corrected chi connectivity index (χ1v) is 5.30. The van der Waals surface area contributed by atoms with E-state index in [1.807, 2.05) is 0 Å². The molecule has 2 aromatic rings. The Morgan fingerprint density at radius 2 is 1.72 bits per heavy atom. The lowest BCUT2D eigenvalue weighted by Gasteiger charge is -2.11. The second-order valence-corrected chi connectivity index (χ2v) is 3.85. The topological polar surface area (TPSA) is 22.1 Å². The molecule has 2 rings (SSSR count). The van der Waals surface area contributed by atoms with Crippen LogP contribution in [0.1, 0.15) is 5.56 Å². The van der Waals surface area contributed by atoms with E-state index in [9.17, 15) is 13.2 Å². The van der Waals surface area contributed by atoms with Gasteiger partial charge in [0.15, 0.2) is 0 Å². The van der Waals surface area contributed by atoms with Crippen molar-refractivity contribution < 1.29 is 17.9 Å². The molecule has 0 N–H and O–H groups in total. The van der Waals surface area contributed by atoms with Crippen LogP contribution in [0.3, 0.4) is 0 Å². The Morgan fingerprint density at radius 1 is 1.06 bits per heavy atom. The molecular weight excluding hydrogens is 267 g/mol. The summed E-state index contributed by atoms with van der Waals surface area (Å²) in [6.45, 7) is 0. The first kappa shape index (κ1) is 12.7. The van der Waals surface area contributed by atoms with Crippen molar-refractivity contribution in [3.8, 4) is 11.6 Å². The van der Waals surface area contributed by atoms with Gasteiger partial charge in [0.25, 0.3) is 0 Å². The fourth-order valence-electron chi connectivity index (χ4n) is 1.30. The summed E-state index contributed by atoms with van der Waals surface area (Å²) in [5.74, 6) is -0.240. The van der Waals surface area contributed by atoms with E-state index in [4.69, 9.17) is 16.3 Å². The first-order valence-electron chi connectivity index (χ1n) is 4.92. The number of aromatic nitrogens is 1. The van der Waals surface area contributed by atoms with Gasteiger partial charge in [0.1, 0.15) is 11.3 Å². The largest absolute Gasteiger partial charge is 0.438 e. The minimum absolute atomic E-state index is 0.239. The standard InChI is InChI=1S/C12H7ClF3NO/c13-8-3-5-9(6-4-8)18-11-10(12(14,15)16)2-1-7-17-11/h1-7H. The summed E-state index contributed by atoms with van der Waals surface area (Å²) >= 11 is 5.67. The van der Waals surface area contributed by atoms with E-state index < -0.39 is 17.6 Å². The molecule has 2 nitrogen and oxygen atoms in total. The normalized spacial score (nSPS) is 11.3. The summed E-state index contributed by atoms with van der Waals surface area (Å²) in [7, 11) is 0. The molecule has 0 aliphatic rings. The molecule has 0 fully saturated rings. The van der Waals surface area contributed by atoms with Gasteiger partial charge in [0, 0.05) is 11.2 Å². The van der Waals surface area contributed by atoms with Crippen molar-refractivity contribution in [2.45, 2.75) is 6.18 Å². The molecule has 0 saturated heterocycles.